The van der Waals surface area contributed by atoms with Crippen molar-refractivity contribution in [3.63, 3.8) is 0 Å². The van der Waals surface area contributed by atoms with Gasteiger partial charge >= 0.3 is 0 Å². The lowest BCUT2D eigenvalue weighted by Gasteiger charge is -2.16. The van der Waals surface area contributed by atoms with Gasteiger partial charge in [-0.1, -0.05) is 60.1 Å². The molecule has 8 heteroatoms. The Labute approximate surface area is 200 Å². The predicted octanol–water partition coefficient (Wildman–Crippen LogP) is 5.64. The number of nitrogens with one attached hydrogen (secondary N) is 1. The third-order valence-electron chi connectivity index (χ3n) is 5.14. The van der Waals surface area contributed by atoms with Gasteiger partial charge in [0.25, 0.3) is 0 Å². The maximum atomic E-state index is 9.47. The van der Waals surface area contributed by atoms with Crippen LogP contribution in [-0.4, -0.2) is 39.1 Å². The smallest absolute Gasteiger partial charge is 0.179 e. The van der Waals surface area contributed by atoms with E-state index in [1.54, 1.807) is 15.6 Å². The molecule has 162 valence electrons. The molecule has 1 N–H and O–H groups in total. The van der Waals surface area contributed by atoms with Crippen molar-refractivity contribution in [2.24, 2.45) is 0 Å². The number of nitrogens with zero attached hydrogens (tertiary/aromatic N) is 5. The molecule has 0 atom stereocenters. The summed E-state index contributed by atoms with van der Waals surface area (Å²) >= 11 is 9.92. The fourth-order valence-electron chi connectivity index (χ4n) is 3.48. The lowest BCUT2D eigenvalue weighted by atomic mass is 10.1. The van der Waals surface area contributed by atoms with Crippen molar-refractivity contribution in [2.45, 2.75) is 12.8 Å². The second-order valence-corrected chi connectivity index (χ2v) is 8.60. The minimum absolute atomic E-state index is 0.647. The van der Waals surface area contributed by atoms with Crippen LogP contribution in [0.2, 0.25) is 5.02 Å². The van der Waals surface area contributed by atoms with Gasteiger partial charge in [-0.05, 0) is 40.4 Å². The van der Waals surface area contributed by atoms with Crippen LogP contribution in [0.4, 0.5) is 5.82 Å². The van der Waals surface area contributed by atoms with Crippen LogP contribution in [0.1, 0.15) is 12.0 Å². The highest BCUT2D eigenvalue weighted by Crippen LogP contribution is 2.30. The van der Waals surface area contributed by atoms with Gasteiger partial charge in [0.15, 0.2) is 11.8 Å². The first-order valence-electron chi connectivity index (χ1n) is 10.4. The molecule has 2 aromatic carbocycles. The molecule has 0 saturated carbocycles. The minimum Gasteiger partial charge on any atom is -0.370 e. The molecule has 0 unspecified atom stereocenters. The van der Waals surface area contributed by atoms with Crippen molar-refractivity contribution < 1.29 is 0 Å². The Kier molecular flexibility index (Phi) is 7.25. The van der Waals surface area contributed by atoms with Crippen LogP contribution in [0.15, 0.2) is 71.3 Å². The highest BCUT2D eigenvalue weighted by molar-refractivity contribution is 9.10. The van der Waals surface area contributed by atoms with E-state index in [-0.39, 0.29) is 0 Å². The summed E-state index contributed by atoms with van der Waals surface area (Å²) in [6.45, 7) is 2.09. The molecule has 0 fully saturated rings. The monoisotopic (exact) mass is 508 g/mol. The Hall–Kier alpha value is -3.08. The van der Waals surface area contributed by atoms with E-state index in [0.717, 1.165) is 34.4 Å². The first-order chi connectivity index (χ1) is 15.7. The summed E-state index contributed by atoms with van der Waals surface area (Å²) in [7, 11) is 0. The van der Waals surface area contributed by atoms with Crippen molar-refractivity contribution in [3.8, 4) is 17.5 Å². The van der Waals surface area contributed by atoms with E-state index in [0.29, 0.717) is 30.3 Å². The zero-order valence-electron chi connectivity index (χ0n) is 17.4. The highest BCUT2D eigenvalue weighted by Gasteiger charge is 2.13. The Morgan fingerprint density at radius 3 is 2.66 bits per heavy atom. The van der Waals surface area contributed by atoms with Crippen molar-refractivity contribution in [1.82, 2.24) is 19.5 Å². The van der Waals surface area contributed by atoms with Crippen molar-refractivity contribution in [1.29, 1.82) is 5.26 Å². The van der Waals surface area contributed by atoms with E-state index in [1.807, 2.05) is 48.5 Å². The quantitative estimate of drug-likeness (QED) is 0.180. The van der Waals surface area contributed by atoms with Crippen LogP contribution in [0.5, 0.6) is 0 Å². The molecular formula is C24H22BrClN6. The van der Waals surface area contributed by atoms with E-state index in [1.165, 1.54) is 5.56 Å². The van der Waals surface area contributed by atoms with Gasteiger partial charge in [-0.2, -0.15) is 14.9 Å². The number of nitriles is 1. The largest absolute Gasteiger partial charge is 0.370 e. The maximum absolute atomic E-state index is 9.47. The van der Waals surface area contributed by atoms with Crippen LogP contribution >= 0.6 is 27.5 Å². The van der Waals surface area contributed by atoms with Gasteiger partial charge in [0, 0.05) is 36.3 Å². The van der Waals surface area contributed by atoms with Gasteiger partial charge in [0.2, 0.25) is 0 Å². The number of hydrogen-bond donors (Lipinski definition) is 1. The van der Waals surface area contributed by atoms with Gasteiger partial charge in [-0.3, -0.25) is 0 Å². The van der Waals surface area contributed by atoms with Crippen LogP contribution in [0, 0.1) is 11.5 Å². The summed E-state index contributed by atoms with van der Waals surface area (Å²) in [5.74, 6) is 0.823. The molecule has 0 aliphatic rings. The Balaban J connectivity index is 1.41. The average molecular weight is 510 g/mol. The Morgan fingerprint density at radius 1 is 1.09 bits per heavy atom. The molecule has 4 rings (SSSR count). The third kappa shape index (κ3) is 5.21. The van der Waals surface area contributed by atoms with E-state index in [4.69, 9.17) is 16.6 Å². The first kappa shape index (κ1) is 22.1. The van der Waals surface area contributed by atoms with Crippen molar-refractivity contribution >= 4 is 39.0 Å². The number of aromatic nitrogens is 3. The molecular weight excluding hydrogens is 488 g/mol. The molecule has 0 radical (unpaired) electrons. The second-order valence-electron chi connectivity index (χ2n) is 7.34. The number of anilines is 1. The summed E-state index contributed by atoms with van der Waals surface area (Å²) in [5.41, 5.74) is 3.59. The summed E-state index contributed by atoms with van der Waals surface area (Å²) < 4.78 is 2.58. The summed E-state index contributed by atoms with van der Waals surface area (Å²) in [5, 5.41) is 18.0. The van der Waals surface area contributed by atoms with Crippen LogP contribution in [-0.2, 0) is 6.42 Å². The molecule has 0 aliphatic carbocycles. The zero-order valence-corrected chi connectivity index (χ0v) is 19.7. The third-order valence-corrected chi connectivity index (χ3v) is 6.03. The Bertz CT molecular complexity index is 1230. The van der Waals surface area contributed by atoms with Crippen molar-refractivity contribution in [3.05, 3.63) is 81.9 Å². The average Bonchev–Trinajstić information content (AvgIpc) is 3.20. The van der Waals surface area contributed by atoms with Gasteiger partial charge < -0.3 is 10.2 Å². The molecule has 0 amide bonds. The van der Waals surface area contributed by atoms with E-state index in [2.05, 4.69) is 44.7 Å². The molecule has 0 saturated heterocycles. The van der Waals surface area contributed by atoms with Crippen LogP contribution in [0.25, 0.3) is 16.9 Å². The van der Waals surface area contributed by atoms with Gasteiger partial charge in [0.1, 0.15) is 5.82 Å². The molecule has 2 aromatic heterocycles. The number of fused-ring (bicyclic) bond motifs is 1. The lowest BCUT2D eigenvalue weighted by molar-refractivity contribution is 0.393. The summed E-state index contributed by atoms with van der Waals surface area (Å²) in [4.78, 5) is 6.53. The van der Waals surface area contributed by atoms with Gasteiger partial charge in [-0.25, -0.2) is 4.98 Å². The van der Waals surface area contributed by atoms with E-state index >= 15 is 0 Å². The lowest BCUT2D eigenvalue weighted by Crippen LogP contribution is -2.23. The Morgan fingerprint density at radius 2 is 1.88 bits per heavy atom. The number of halogens is 2. The molecule has 0 aliphatic heterocycles. The number of hydrogen-bond acceptors (Lipinski definition) is 5. The van der Waals surface area contributed by atoms with Gasteiger partial charge in [0.05, 0.1) is 16.4 Å². The topological polar surface area (TPSA) is 69.2 Å². The molecule has 4 aromatic rings. The molecule has 0 bridgehead atoms. The molecule has 0 spiro atoms. The summed E-state index contributed by atoms with van der Waals surface area (Å²) in [6.07, 6.45) is 5.70. The molecule has 2 heterocycles. The minimum atomic E-state index is 0.647. The van der Waals surface area contributed by atoms with E-state index in [9.17, 15) is 5.26 Å². The number of rotatable bonds is 9. The van der Waals surface area contributed by atoms with Crippen molar-refractivity contribution in [2.75, 3.05) is 25.0 Å². The van der Waals surface area contributed by atoms with E-state index < -0.39 is 0 Å². The fraction of sp³-hybridized carbons (Fsp3) is 0.208. The van der Waals surface area contributed by atoms with Gasteiger partial charge in [-0.15, -0.1) is 0 Å². The maximum Gasteiger partial charge on any atom is 0.179 e. The highest BCUT2D eigenvalue weighted by atomic mass is 79.9. The molecule has 32 heavy (non-hydrogen) atoms. The zero-order chi connectivity index (χ0) is 22.3. The second kappa shape index (κ2) is 10.5. The predicted molar refractivity (Wildman–Crippen MR) is 132 cm³/mol. The van der Waals surface area contributed by atoms with Crippen LogP contribution in [0.3, 0.4) is 0 Å². The first-order valence-corrected chi connectivity index (χ1v) is 11.5. The molecule has 6 nitrogen and oxygen atoms in total. The SMILES string of the molecule is N#CN(CCCNc1cc(-c2ccccc2Cl)nc2c(Br)cnn12)CCc1ccccc1. The number of benzene rings is 2. The standard InChI is InChI=1S/C24H22BrClN6/c25-20-16-29-32-23(15-22(30-24(20)32)19-9-4-5-10-21(19)26)28-12-6-13-31(17-27)14-11-18-7-2-1-3-8-18/h1-5,7-10,15-16,28H,6,11-14H2. The van der Waals surface area contributed by atoms with Crippen LogP contribution < -0.4 is 5.32 Å². The normalized spacial score (nSPS) is 10.8. The fourth-order valence-corrected chi connectivity index (χ4v) is 4.06. The summed E-state index contributed by atoms with van der Waals surface area (Å²) in [6, 6.07) is 19.8.